The van der Waals surface area contributed by atoms with Crippen molar-refractivity contribution in [2.75, 3.05) is 0 Å². The normalized spacial score (nSPS) is 23.4. The molecule has 0 aromatic heterocycles. The average molecular weight is 204 g/mol. The molecule has 2 nitrogen and oxygen atoms in total. The fraction of sp³-hybridized carbons (Fsp3) is 0.462. The van der Waals surface area contributed by atoms with Crippen LogP contribution < -0.4 is 4.74 Å². The highest BCUT2D eigenvalue weighted by molar-refractivity contribution is 5.91. The fourth-order valence-corrected chi connectivity index (χ4v) is 1.71. The Kier molecular flexibility index (Phi) is 2.29. The first-order valence-electron chi connectivity index (χ1n) is 5.27. The van der Waals surface area contributed by atoms with Crippen molar-refractivity contribution >= 4 is 5.78 Å². The van der Waals surface area contributed by atoms with Crippen LogP contribution in [0.4, 0.5) is 0 Å². The second-order valence-corrected chi connectivity index (χ2v) is 4.77. The molecule has 0 aliphatic heterocycles. The van der Waals surface area contributed by atoms with E-state index in [0.717, 1.165) is 5.75 Å². The number of ketones is 1. The van der Waals surface area contributed by atoms with Crippen molar-refractivity contribution in [3.8, 4) is 5.75 Å². The minimum Gasteiger partial charge on any atom is -0.489 e. The second-order valence-electron chi connectivity index (χ2n) is 4.77. The lowest BCUT2D eigenvalue weighted by Crippen LogP contribution is -2.52. The third-order valence-electron chi connectivity index (χ3n) is 3.19. The molecule has 15 heavy (non-hydrogen) atoms. The summed E-state index contributed by atoms with van der Waals surface area (Å²) in [5, 5.41) is 0. The molecule has 1 aliphatic carbocycles. The van der Waals surface area contributed by atoms with Crippen molar-refractivity contribution in [1.29, 1.82) is 0 Å². The summed E-state index contributed by atoms with van der Waals surface area (Å²) in [6.07, 6.45) is 0.577. The van der Waals surface area contributed by atoms with E-state index in [9.17, 15) is 4.79 Å². The molecule has 0 N–H and O–H groups in total. The molecule has 2 rings (SSSR count). The smallest absolute Gasteiger partial charge is 0.145 e. The minimum absolute atomic E-state index is 0.0349. The standard InChI is InChI=1S/C13H16O2/c1-9-4-6-10(7-5-9)15-12-8-11(14)13(12,2)3/h4-7,12H,8H2,1-3H3. The lowest BCUT2D eigenvalue weighted by atomic mass is 9.68. The predicted octanol–water partition coefficient (Wildman–Crippen LogP) is 2.74. The fourth-order valence-electron chi connectivity index (χ4n) is 1.71. The van der Waals surface area contributed by atoms with Crippen LogP contribution in [0.15, 0.2) is 24.3 Å². The van der Waals surface area contributed by atoms with Gasteiger partial charge in [-0.1, -0.05) is 17.7 Å². The molecule has 0 bridgehead atoms. The van der Waals surface area contributed by atoms with E-state index < -0.39 is 0 Å². The van der Waals surface area contributed by atoms with Crippen molar-refractivity contribution in [2.24, 2.45) is 5.41 Å². The molecular weight excluding hydrogens is 188 g/mol. The van der Waals surface area contributed by atoms with Gasteiger partial charge in [-0.3, -0.25) is 4.79 Å². The highest BCUT2D eigenvalue weighted by Gasteiger charge is 2.49. The Hall–Kier alpha value is -1.31. The molecule has 1 unspecified atom stereocenters. The maximum absolute atomic E-state index is 11.3. The van der Waals surface area contributed by atoms with E-state index >= 15 is 0 Å². The van der Waals surface area contributed by atoms with Gasteiger partial charge in [0.2, 0.25) is 0 Å². The van der Waals surface area contributed by atoms with Crippen LogP contribution in [0.1, 0.15) is 25.8 Å². The van der Waals surface area contributed by atoms with Gasteiger partial charge < -0.3 is 4.74 Å². The number of hydrogen-bond donors (Lipinski definition) is 0. The van der Waals surface area contributed by atoms with E-state index in [-0.39, 0.29) is 11.5 Å². The second kappa shape index (κ2) is 3.37. The lowest BCUT2D eigenvalue weighted by Gasteiger charge is -2.41. The number of aryl methyl sites for hydroxylation is 1. The number of carbonyl (C=O) groups is 1. The molecule has 1 saturated carbocycles. The van der Waals surface area contributed by atoms with Crippen molar-refractivity contribution in [1.82, 2.24) is 0 Å². The molecule has 1 fully saturated rings. The zero-order valence-corrected chi connectivity index (χ0v) is 9.41. The van der Waals surface area contributed by atoms with Gasteiger partial charge >= 0.3 is 0 Å². The van der Waals surface area contributed by atoms with Crippen molar-refractivity contribution in [3.05, 3.63) is 29.8 Å². The molecule has 0 amide bonds. The summed E-state index contributed by atoms with van der Waals surface area (Å²) in [6.45, 7) is 5.93. The van der Waals surface area contributed by atoms with E-state index in [0.29, 0.717) is 12.2 Å². The molecule has 1 aliphatic rings. The van der Waals surface area contributed by atoms with E-state index in [1.807, 2.05) is 45.0 Å². The Morgan fingerprint density at radius 2 is 1.87 bits per heavy atom. The van der Waals surface area contributed by atoms with Crippen LogP contribution in [0, 0.1) is 12.3 Å². The summed E-state index contributed by atoms with van der Waals surface area (Å²) in [5.74, 6) is 1.14. The van der Waals surface area contributed by atoms with Gasteiger partial charge in [0, 0.05) is 6.42 Å². The maximum atomic E-state index is 11.3. The van der Waals surface area contributed by atoms with Crippen LogP contribution in [0.5, 0.6) is 5.75 Å². The third kappa shape index (κ3) is 1.76. The summed E-state index contributed by atoms with van der Waals surface area (Å²) in [6, 6.07) is 7.94. The Morgan fingerprint density at radius 1 is 1.27 bits per heavy atom. The quantitative estimate of drug-likeness (QED) is 0.740. The number of benzene rings is 1. The average Bonchev–Trinajstić information content (AvgIpc) is 2.21. The summed E-state index contributed by atoms with van der Waals surface area (Å²) in [4.78, 5) is 11.3. The molecule has 80 valence electrons. The minimum atomic E-state index is -0.315. The van der Waals surface area contributed by atoms with Gasteiger partial charge in [0.25, 0.3) is 0 Å². The van der Waals surface area contributed by atoms with Gasteiger partial charge in [-0.15, -0.1) is 0 Å². The summed E-state index contributed by atoms with van der Waals surface area (Å²) in [5.41, 5.74) is 0.900. The molecule has 2 heteroatoms. The molecule has 1 aromatic rings. The van der Waals surface area contributed by atoms with E-state index in [2.05, 4.69) is 0 Å². The molecule has 0 heterocycles. The van der Waals surface area contributed by atoms with Crippen LogP contribution in [0.25, 0.3) is 0 Å². The lowest BCUT2D eigenvalue weighted by molar-refractivity contribution is -0.148. The van der Waals surface area contributed by atoms with Crippen LogP contribution in [-0.2, 0) is 4.79 Å². The highest BCUT2D eigenvalue weighted by atomic mass is 16.5. The Morgan fingerprint density at radius 3 is 2.33 bits per heavy atom. The van der Waals surface area contributed by atoms with E-state index in [4.69, 9.17) is 4.74 Å². The first kappa shape index (κ1) is 10.2. The van der Waals surface area contributed by atoms with Crippen molar-refractivity contribution in [3.63, 3.8) is 0 Å². The summed E-state index contributed by atoms with van der Waals surface area (Å²) in [7, 11) is 0. The molecule has 1 atom stereocenters. The summed E-state index contributed by atoms with van der Waals surface area (Å²) >= 11 is 0. The summed E-state index contributed by atoms with van der Waals surface area (Å²) < 4.78 is 5.77. The van der Waals surface area contributed by atoms with Gasteiger partial charge in [0.1, 0.15) is 17.6 Å². The van der Waals surface area contributed by atoms with Crippen LogP contribution in [-0.4, -0.2) is 11.9 Å². The van der Waals surface area contributed by atoms with E-state index in [1.165, 1.54) is 5.56 Å². The molecule has 0 radical (unpaired) electrons. The monoisotopic (exact) mass is 204 g/mol. The molecule has 0 saturated heterocycles. The Labute approximate surface area is 90.3 Å². The topological polar surface area (TPSA) is 26.3 Å². The van der Waals surface area contributed by atoms with Crippen LogP contribution >= 0.6 is 0 Å². The number of rotatable bonds is 2. The SMILES string of the molecule is Cc1ccc(OC2CC(=O)C2(C)C)cc1. The van der Waals surface area contributed by atoms with Gasteiger partial charge in [0.05, 0.1) is 5.41 Å². The number of hydrogen-bond acceptors (Lipinski definition) is 2. The number of ether oxygens (including phenoxy) is 1. The third-order valence-corrected chi connectivity index (χ3v) is 3.19. The molecule has 1 aromatic carbocycles. The molecular formula is C13H16O2. The van der Waals surface area contributed by atoms with E-state index in [1.54, 1.807) is 0 Å². The first-order chi connectivity index (χ1) is 7.00. The van der Waals surface area contributed by atoms with Gasteiger partial charge in [-0.25, -0.2) is 0 Å². The zero-order valence-electron chi connectivity index (χ0n) is 9.41. The Balaban J connectivity index is 2.05. The Bertz CT molecular complexity index is 376. The largest absolute Gasteiger partial charge is 0.489 e. The van der Waals surface area contributed by atoms with Crippen LogP contribution in [0.2, 0.25) is 0 Å². The number of carbonyl (C=O) groups excluding carboxylic acids is 1. The van der Waals surface area contributed by atoms with Gasteiger partial charge in [-0.05, 0) is 32.9 Å². The number of Topliss-reactive ketones (excluding diaryl/α,β-unsaturated/α-hetero) is 1. The van der Waals surface area contributed by atoms with Gasteiger partial charge in [0.15, 0.2) is 0 Å². The molecule has 0 spiro atoms. The predicted molar refractivity (Wildman–Crippen MR) is 59.0 cm³/mol. The van der Waals surface area contributed by atoms with Gasteiger partial charge in [-0.2, -0.15) is 0 Å². The van der Waals surface area contributed by atoms with Crippen molar-refractivity contribution < 1.29 is 9.53 Å². The highest BCUT2D eigenvalue weighted by Crippen LogP contribution is 2.39. The zero-order chi connectivity index (χ0) is 11.1. The maximum Gasteiger partial charge on any atom is 0.145 e. The van der Waals surface area contributed by atoms with Crippen molar-refractivity contribution in [2.45, 2.75) is 33.3 Å². The van der Waals surface area contributed by atoms with Crippen LogP contribution in [0.3, 0.4) is 0 Å². The first-order valence-corrected chi connectivity index (χ1v) is 5.27.